The molecule has 0 unspecified atom stereocenters. The third-order valence-corrected chi connectivity index (χ3v) is 2.83. The molecule has 0 spiro atoms. The van der Waals surface area contributed by atoms with E-state index in [0.717, 1.165) is 25.7 Å². The predicted octanol–water partition coefficient (Wildman–Crippen LogP) is 2.14. The molecule has 1 fully saturated rings. The average Bonchev–Trinajstić information content (AvgIpc) is 2.18. The van der Waals surface area contributed by atoms with Gasteiger partial charge in [-0.15, -0.1) is 0 Å². The highest BCUT2D eigenvalue weighted by Crippen LogP contribution is 2.34. The van der Waals surface area contributed by atoms with Crippen LogP contribution >= 0.6 is 0 Å². The van der Waals surface area contributed by atoms with Crippen LogP contribution in [0, 0.1) is 5.92 Å². The zero-order valence-electron chi connectivity index (χ0n) is 7.81. The maximum absolute atomic E-state index is 12.3. The van der Waals surface area contributed by atoms with Crippen molar-refractivity contribution in [2.45, 2.75) is 31.5 Å². The molecule has 72 valence electrons. The van der Waals surface area contributed by atoms with E-state index in [-0.39, 0.29) is 12.6 Å². The minimum absolute atomic E-state index is 0.205. The number of halogens is 1. The van der Waals surface area contributed by atoms with Crippen LogP contribution in [0.1, 0.15) is 25.7 Å². The van der Waals surface area contributed by atoms with Crippen molar-refractivity contribution >= 4 is 0 Å². The highest BCUT2D eigenvalue weighted by atomic mass is 19.1. The Labute approximate surface area is 73.0 Å². The van der Waals surface area contributed by atoms with Crippen molar-refractivity contribution in [1.29, 1.82) is 0 Å². The summed E-state index contributed by atoms with van der Waals surface area (Å²) in [6.07, 6.45) is 3.37. The van der Waals surface area contributed by atoms with Crippen LogP contribution < -0.4 is 0 Å². The smallest absolute Gasteiger partial charge is 0.167 e. The molecule has 0 saturated heterocycles. The Hall–Kier alpha value is -0.150. The van der Waals surface area contributed by atoms with Crippen molar-refractivity contribution in [2.75, 3.05) is 20.9 Å². The Balaban J connectivity index is 2.42. The lowest BCUT2D eigenvalue weighted by molar-refractivity contribution is -0.227. The minimum atomic E-state index is -0.425. The second-order valence-corrected chi connectivity index (χ2v) is 3.42. The molecule has 1 rings (SSSR count). The van der Waals surface area contributed by atoms with Crippen molar-refractivity contribution in [3.8, 4) is 0 Å². The second-order valence-electron chi connectivity index (χ2n) is 3.42. The molecule has 3 heteroatoms. The quantitative estimate of drug-likeness (QED) is 0.613. The van der Waals surface area contributed by atoms with Gasteiger partial charge in [-0.3, -0.25) is 4.39 Å². The van der Waals surface area contributed by atoms with Gasteiger partial charge in [-0.05, 0) is 18.8 Å². The highest BCUT2D eigenvalue weighted by molar-refractivity contribution is 4.78. The van der Waals surface area contributed by atoms with Gasteiger partial charge < -0.3 is 9.47 Å². The van der Waals surface area contributed by atoms with Gasteiger partial charge in [-0.1, -0.05) is 0 Å². The number of rotatable bonds is 3. The van der Waals surface area contributed by atoms with Crippen LogP contribution in [0.2, 0.25) is 0 Å². The molecule has 2 nitrogen and oxygen atoms in total. The summed E-state index contributed by atoms with van der Waals surface area (Å²) in [4.78, 5) is 0. The molecule has 0 aliphatic heterocycles. The normalized spacial score (nSPS) is 24.2. The Morgan fingerprint density at radius 3 is 2.08 bits per heavy atom. The monoisotopic (exact) mass is 176 g/mol. The lowest BCUT2D eigenvalue weighted by Gasteiger charge is -2.36. The van der Waals surface area contributed by atoms with Gasteiger partial charge in [-0.25, -0.2) is 0 Å². The Morgan fingerprint density at radius 1 is 1.25 bits per heavy atom. The van der Waals surface area contributed by atoms with Gasteiger partial charge in [-0.2, -0.15) is 0 Å². The molecule has 1 aliphatic rings. The summed E-state index contributed by atoms with van der Waals surface area (Å²) in [5.41, 5.74) is 0. The van der Waals surface area contributed by atoms with Gasteiger partial charge in [0.2, 0.25) is 0 Å². The van der Waals surface area contributed by atoms with Gasteiger partial charge in [0.1, 0.15) is 0 Å². The second kappa shape index (κ2) is 4.19. The van der Waals surface area contributed by atoms with Crippen molar-refractivity contribution < 1.29 is 13.9 Å². The minimum Gasteiger partial charge on any atom is -0.353 e. The molecule has 0 aromatic carbocycles. The molecule has 0 amide bonds. The maximum Gasteiger partial charge on any atom is 0.167 e. The third kappa shape index (κ3) is 1.96. The van der Waals surface area contributed by atoms with Crippen LogP contribution in [0.3, 0.4) is 0 Å². The van der Waals surface area contributed by atoms with Gasteiger partial charge in [0.15, 0.2) is 5.79 Å². The Kier molecular flexibility index (Phi) is 3.47. The molecule has 0 radical (unpaired) electrons. The molecule has 0 bridgehead atoms. The molecule has 12 heavy (non-hydrogen) atoms. The van der Waals surface area contributed by atoms with E-state index in [1.165, 1.54) is 0 Å². The molecule has 1 saturated carbocycles. The van der Waals surface area contributed by atoms with Gasteiger partial charge >= 0.3 is 0 Å². The van der Waals surface area contributed by atoms with E-state index in [2.05, 4.69) is 0 Å². The van der Waals surface area contributed by atoms with E-state index in [1.807, 2.05) is 0 Å². The number of hydrogen-bond acceptors (Lipinski definition) is 2. The molecule has 0 atom stereocenters. The van der Waals surface area contributed by atoms with Gasteiger partial charge in [0.25, 0.3) is 0 Å². The van der Waals surface area contributed by atoms with E-state index in [9.17, 15) is 4.39 Å². The SMILES string of the molecule is COC1(OC)CCC(CF)CC1. The summed E-state index contributed by atoms with van der Waals surface area (Å²) in [5.74, 6) is -0.200. The number of alkyl halides is 1. The van der Waals surface area contributed by atoms with Crippen molar-refractivity contribution in [3.05, 3.63) is 0 Å². The van der Waals surface area contributed by atoms with Crippen LogP contribution in [0.15, 0.2) is 0 Å². The molecule has 0 aromatic rings. The van der Waals surface area contributed by atoms with Crippen LogP contribution in [-0.2, 0) is 9.47 Å². The molecule has 0 heterocycles. The van der Waals surface area contributed by atoms with Crippen molar-refractivity contribution in [2.24, 2.45) is 5.92 Å². The molecule has 1 aliphatic carbocycles. The summed E-state index contributed by atoms with van der Waals surface area (Å²) in [6.45, 7) is -0.205. The van der Waals surface area contributed by atoms with Crippen LogP contribution in [0.5, 0.6) is 0 Å². The highest BCUT2D eigenvalue weighted by Gasteiger charge is 2.35. The zero-order chi connectivity index (χ0) is 9.03. The van der Waals surface area contributed by atoms with Crippen LogP contribution in [0.25, 0.3) is 0 Å². The zero-order valence-corrected chi connectivity index (χ0v) is 7.81. The Morgan fingerprint density at radius 2 is 1.75 bits per heavy atom. The summed E-state index contributed by atoms with van der Waals surface area (Å²) >= 11 is 0. The average molecular weight is 176 g/mol. The fourth-order valence-corrected chi connectivity index (χ4v) is 1.76. The first-order valence-corrected chi connectivity index (χ1v) is 4.42. The summed E-state index contributed by atoms with van der Waals surface area (Å²) < 4.78 is 22.8. The first kappa shape index (κ1) is 9.93. The molecular weight excluding hydrogens is 159 g/mol. The van der Waals surface area contributed by atoms with E-state index >= 15 is 0 Å². The van der Waals surface area contributed by atoms with E-state index in [1.54, 1.807) is 14.2 Å². The lowest BCUT2D eigenvalue weighted by Crippen LogP contribution is -2.38. The largest absolute Gasteiger partial charge is 0.353 e. The van der Waals surface area contributed by atoms with Crippen molar-refractivity contribution in [3.63, 3.8) is 0 Å². The van der Waals surface area contributed by atoms with Gasteiger partial charge in [0, 0.05) is 27.1 Å². The first-order valence-electron chi connectivity index (χ1n) is 4.42. The Bertz CT molecular complexity index is 124. The fourth-order valence-electron chi connectivity index (χ4n) is 1.76. The van der Waals surface area contributed by atoms with Crippen LogP contribution in [0.4, 0.5) is 4.39 Å². The summed E-state index contributed by atoms with van der Waals surface area (Å²) in [7, 11) is 3.30. The summed E-state index contributed by atoms with van der Waals surface area (Å²) in [6, 6.07) is 0. The van der Waals surface area contributed by atoms with E-state index in [4.69, 9.17) is 9.47 Å². The number of methoxy groups -OCH3 is 2. The van der Waals surface area contributed by atoms with Gasteiger partial charge in [0.05, 0.1) is 6.67 Å². The fraction of sp³-hybridized carbons (Fsp3) is 1.00. The third-order valence-electron chi connectivity index (χ3n) is 2.83. The first-order chi connectivity index (χ1) is 5.76. The standard InChI is InChI=1S/C9H17FO2/c1-11-9(12-2)5-3-8(7-10)4-6-9/h8H,3-7H2,1-2H3. The lowest BCUT2D eigenvalue weighted by atomic mass is 9.86. The predicted molar refractivity (Wildman–Crippen MR) is 44.7 cm³/mol. The topological polar surface area (TPSA) is 18.5 Å². The number of hydrogen-bond donors (Lipinski definition) is 0. The molecular formula is C9H17FO2. The summed E-state index contributed by atoms with van der Waals surface area (Å²) in [5, 5.41) is 0. The van der Waals surface area contributed by atoms with Crippen molar-refractivity contribution in [1.82, 2.24) is 0 Å². The number of ether oxygens (including phenoxy) is 2. The maximum atomic E-state index is 12.3. The van der Waals surface area contributed by atoms with Crippen LogP contribution in [-0.4, -0.2) is 26.7 Å². The molecule has 0 aromatic heterocycles. The molecule has 0 N–H and O–H groups in total. The van der Waals surface area contributed by atoms with E-state index < -0.39 is 5.79 Å². The van der Waals surface area contributed by atoms with E-state index in [0.29, 0.717) is 0 Å².